The average molecular weight is 456 g/mol. The highest BCUT2D eigenvalue weighted by atomic mass is 35.5. The second-order valence-electron chi connectivity index (χ2n) is 7.68. The van der Waals surface area contributed by atoms with E-state index >= 15 is 0 Å². The lowest BCUT2D eigenvalue weighted by Crippen LogP contribution is -2.02. The minimum atomic E-state index is 0.401. The van der Waals surface area contributed by atoms with E-state index < -0.39 is 0 Å². The van der Waals surface area contributed by atoms with Gasteiger partial charge in [-0.3, -0.25) is 0 Å². The molecule has 0 atom stereocenters. The van der Waals surface area contributed by atoms with Gasteiger partial charge in [-0.15, -0.1) is 0 Å². The molecule has 2 aromatic carbocycles. The number of pyridine rings is 1. The first-order valence-corrected chi connectivity index (χ1v) is 10.8. The summed E-state index contributed by atoms with van der Waals surface area (Å²) < 4.78 is 5.76. The van der Waals surface area contributed by atoms with E-state index in [0.717, 1.165) is 35.5 Å². The van der Waals surface area contributed by atoms with Gasteiger partial charge in [-0.1, -0.05) is 23.7 Å². The Kier molecular flexibility index (Phi) is 4.77. The third-order valence-electron chi connectivity index (χ3n) is 5.39. The lowest BCUT2D eigenvalue weighted by atomic mass is 10.0. The van der Waals surface area contributed by atoms with Crippen molar-refractivity contribution in [3.63, 3.8) is 0 Å². The number of benzene rings is 2. The molecule has 3 aromatic heterocycles. The van der Waals surface area contributed by atoms with Gasteiger partial charge < -0.3 is 20.4 Å². The maximum absolute atomic E-state index is 6.36. The Morgan fingerprint density at radius 2 is 1.85 bits per heavy atom. The Bertz CT molecular complexity index is 1450. The van der Waals surface area contributed by atoms with Crippen LogP contribution in [0.4, 0.5) is 34.8 Å². The summed E-state index contributed by atoms with van der Waals surface area (Å²) >= 11 is 6.36. The molecule has 4 heterocycles. The van der Waals surface area contributed by atoms with Crippen molar-refractivity contribution < 1.29 is 4.42 Å². The molecular weight excluding hydrogens is 438 g/mol. The molecular formula is C24H18ClN7O. The molecule has 0 spiro atoms. The number of aryl methyl sites for hydroxylation is 2. The van der Waals surface area contributed by atoms with Gasteiger partial charge in [0.15, 0.2) is 5.82 Å². The highest BCUT2D eigenvalue weighted by molar-refractivity contribution is 6.32. The number of anilines is 6. The highest BCUT2D eigenvalue weighted by Gasteiger charge is 2.13. The second-order valence-corrected chi connectivity index (χ2v) is 8.09. The molecule has 1 aliphatic rings. The van der Waals surface area contributed by atoms with E-state index in [1.165, 1.54) is 5.56 Å². The molecule has 5 aromatic rings. The summed E-state index contributed by atoms with van der Waals surface area (Å²) in [5, 5.41) is 10.3. The number of nitrogens with zero attached hydrogens (tertiary/aromatic N) is 4. The van der Waals surface area contributed by atoms with Crippen molar-refractivity contribution in [1.29, 1.82) is 0 Å². The molecule has 6 rings (SSSR count). The summed E-state index contributed by atoms with van der Waals surface area (Å²) in [5.74, 6) is 1.00. The lowest BCUT2D eigenvalue weighted by molar-refractivity contribution is 0.611. The van der Waals surface area contributed by atoms with Crippen LogP contribution in [0.15, 0.2) is 71.4 Å². The first-order valence-electron chi connectivity index (χ1n) is 10.5. The van der Waals surface area contributed by atoms with E-state index in [1.807, 2.05) is 36.4 Å². The number of halogens is 1. The Hall–Kier alpha value is -4.17. The van der Waals surface area contributed by atoms with Crippen molar-refractivity contribution >= 4 is 57.7 Å². The topological polar surface area (TPSA) is 101 Å². The monoisotopic (exact) mass is 455 g/mol. The number of aromatic nitrogens is 4. The zero-order chi connectivity index (χ0) is 22.2. The molecule has 0 amide bonds. The van der Waals surface area contributed by atoms with Crippen LogP contribution in [0.25, 0.3) is 11.2 Å². The molecule has 6 bridgehead atoms. The van der Waals surface area contributed by atoms with E-state index in [1.54, 1.807) is 12.4 Å². The van der Waals surface area contributed by atoms with Gasteiger partial charge in [0, 0.05) is 23.3 Å². The molecule has 0 aliphatic carbocycles. The van der Waals surface area contributed by atoms with Crippen LogP contribution in [0.5, 0.6) is 0 Å². The van der Waals surface area contributed by atoms with Crippen LogP contribution in [0.2, 0.25) is 5.02 Å². The Balaban J connectivity index is 1.40. The molecule has 8 nitrogen and oxygen atoms in total. The summed E-state index contributed by atoms with van der Waals surface area (Å²) in [5.41, 5.74) is 6.19. The summed E-state index contributed by atoms with van der Waals surface area (Å²) in [6.07, 6.45) is 4.92. The highest BCUT2D eigenvalue weighted by Crippen LogP contribution is 2.31. The molecule has 0 fully saturated rings. The van der Waals surface area contributed by atoms with E-state index in [0.29, 0.717) is 34.0 Å². The zero-order valence-corrected chi connectivity index (χ0v) is 18.1. The third-order valence-corrected chi connectivity index (χ3v) is 5.66. The molecule has 3 N–H and O–H groups in total. The van der Waals surface area contributed by atoms with Crippen LogP contribution in [0.1, 0.15) is 11.1 Å². The SMILES string of the molecule is Clc1cnc2nc1Nc1ccc(Nc3nc4cccnc4o3)c(c1)CCc1cccc(c1)N2. The predicted molar refractivity (Wildman–Crippen MR) is 129 cm³/mol. The van der Waals surface area contributed by atoms with Gasteiger partial charge in [0.25, 0.3) is 0 Å². The number of rotatable bonds is 2. The van der Waals surface area contributed by atoms with Crippen molar-refractivity contribution in [2.75, 3.05) is 16.0 Å². The van der Waals surface area contributed by atoms with Gasteiger partial charge in [-0.05, 0) is 66.4 Å². The molecule has 0 saturated carbocycles. The van der Waals surface area contributed by atoms with E-state index in [2.05, 4.69) is 54.1 Å². The minimum absolute atomic E-state index is 0.401. The van der Waals surface area contributed by atoms with Crippen LogP contribution in [0, 0.1) is 0 Å². The van der Waals surface area contributed by atoms with Gasteiger partial charge in [0.1, 0.15) is 10.5 Å². The first-order chi connectivity index (χ1) is 16.2. The molecule has 33 heavy (non-hydrogen) atoms. The number of nitrogens with one attached hydrogen (secondary N) is 3. The van der Waals surface area contributed by atoms with Crippen LogP contribution < -0.4 is 16.0 Å². The van der Waals surface area contributed by atoms with E-state index in [4.69, 9.17) is 16.0 Å². The predicted octanol–water partition coefficient (Wildman–Crippen LogP) is 6.00. The lowest BCUT2D eigenvalue weighted by Gasteiger charge is -2.14. The smallest absolute Gasteiger partial charge is 0.301 e. The van der Waals surface area contributed by atoms with Crippen LogP contribution in [-0.2, 0) is 12.8 Å². The summed E-state index contributed by atoms with van der Waals surface area (Å²) in [6.45, 7) is 0. The van der Waals surface area contributed by atoms with Crippen LogP contribution in [-0.4, -0.2) is 19.9 Å². The molecule has 162 valence electrons. The normalized spacial score (nSPS) is 12.6. The Labute approximate surface area is 194 Å². The maximum atomic E-state index is 6.36. The Morgan fingerprint density at radius 1 is 0.909 bits per heavy atom. The van der Waals surface area contributed by atoms with E-state index in [-0.39, 0.29) is 0 Å². The standard InChI is InChI=1S/C24H18ClN7O/c25-18-13-27-23-29-16-4-1-3-14(11-16)6-7-15-12-17(28-21(18)32-23)8-9-19(15)30-24-31-20-5-2-10-26-22(20)33-24/h1-5,8-13H,6-7H2,(H,30,31)(H2,27,28,29,32). The number of hydrogen-bond donors (Lipinski definition) is 3. The minimum Gasteiger partial charge on any atom is -0.404 e. The zero-order valence-electron chi connectivity index (χ0n) is 17.3. The first kappa shape index (κ1) is 19.5. The van der Waals surface area contributed by atoms with Crippen molar-refractivity contribution in [3.05, 3.63) is 83.1 Å². The van der Waals surface area contributed by atoms with E-state index in [9.17, 15) is 0 Å². The van der Waals surface area contributed by atoms with Crippen molar-refractivity contribution in [1.82, 2.24) is 19.9 Å². The summed E-state index contributed by atoms with van der Waals surface area (Å²) in [7, 11) is 0. The largest absolute Gasteiger partial charge is 0.404 e. The van der Waals surface area contributed by atoms with Crippen molar-refractivity contribution in [2.45, 2.75) is 12.8 Å². The fraction of sp³-hybridized carbons (Fsp3) is 0.0833. The Morgan fingerprint density at radius 3 is 2.79 bits per heavy atom. The molecule has 0 unspecified atom stereocenters. The third kappa shape index (κ3) is 4.04. The number of hydrogen-bond acceptors (Lipinski definition) is 8. The van der Waals surface area contributed by atoms with Crippen molar-refractivity contribution in [2.24, 2.45) is 0 Å². The molecule has 9 heteroatoms. The van der Waals surface area contributed by atoms with Gasteiger partial charge in [-0.25, -0.2) is 9.97 Å². The van der Waals surface area contributed by atoms with Gasteiger partial charge in [0.05, 0.1) is 6.20 Å². The fourth-order valence-electron chi connectivity index (χ4n) is 3.80. The molecule has 1 aliphatic heterocycles. The summed E-state index contributed by atoms with van der Waals surface area (Å²) in [6, 6.07) is 18.4. The average Bonchev–Trinajstić information content (AvgIpc) is 3.23. The van der Waals surface area contributed by atoms with Gasteiger partial charge >= 0.3 is 6.01 Å². The van der Waals surface area contributed by atoms with Gasteiger partial charge in [0.2, 0.25) is 11.7 Å². The maximum Gasteiger partial charge on any atom is 0.301 e. The van der Waals surface area contributed by atoms with Gasteiger partial charge in [-0.2, -0.15) is 9.97 Å². The van der Waals surface area contributed by atoms with Crippen molar-refractivity contribution in [3.8, 4) is 0 Å². The molecule has 0 radical (unpaired) electrons. The summed E-state index contributed by atoms with van der Waals surface area (Å²) in [4.78, 5) is 17.5. The number of fused-ring (bicyclic) bond motifs is 7. The second kappa shape index (κ2) is 8.07. The van der Waals surface area contributed by atoms with Crippen LogP contribution in [0.3, 0.4) is 0 Å². The quantitative estimate of drug-likeness (QED) is 0.298. The van der Waals surface area contributed by atoms with Crippen LogP contribution >= 0.6 is 11.6 Å². The molecule has 0 saturated heterocycles. The number of oxazole rings is 1. The fourth-order valence-corrected chi connectivity index (χ4v) is 3.94.